The van der Waals surface area contributed by atoms with Gasteiger partial charge in [-0.2, -0.15) is 0 Å². The fourth-order valence-corrected chi connectivity index (χ4v) is 4.20. The van der Waals surface area contributed by atoms with Crippen LogP contribution < -0.4 is 4.90 Å². The highest BCUT2D eigenvalue weighted by atomic mass is 79.9. The molecule has 3 heteroatoms. The molecule has 0 amide bonds. The second-order valence-electron chi connectivity index (χ2n) is 5.78. The van der Waals surface area contributed by atoms with Gasteiger partial charge >= 0.3 is 0 Å². The van der Waals surface area contributed by atoms with Crippen LogP contribution in [-0.2, 0) is 0 Å². The minimum Gasteiger partial charge on any atom is -0.370 e. The van der Waals surface area contributed by atoms with Crippen molar-refractivity contribution in [3.05, 3.63) is 36.0 Å². The van der Waals surface area contributed by atoms with Gasteiger partial charge in [-0.15, -0.1) is 0 Å². The van der Waals surface area contributed by atoms with Gasteiger partial charge in [-0.3, -0.25) is 4.98 Å². The van der Waals surface area contributed by atoms with Gasteiger partial charge in [0.15, 0.2) is 0 Å². The molecule has 1 fully saturated rings. The molecule has 106 valence electrons. The van der Waals surface area contributed by atoms with Crippen molar-refractivity contribution in [3.8, 4) is 0 Å². The van der Waals surface area contributed by atoms with Gasteiger partial charge in [0, 0.05) is 34.7 Å². The SMILES string of the molecule is Cc1cc(N(C)C2CCCCC2Br)c2ccccc2n1. The molecule has 1 aliphatic carbocycles. The molecular formula is C17H21BrN2. The Morgan fingerprint density at radius 1 is 1.20 bits per heavy atom. The average Bonchev–Trinajstić information content (AvgIpc) is 2.46. The highest BCUT2D eigenvalue weighted by molar-refractivity contribution is 9.09. The zero-order chi connectivity index (χ0) is 14.1. The molecule has 0 N–H and O–H groups in total. The predicted molar refractivity (Wildman–Crippen MR) is 89.9 cm³/mol. The fraction of sp³-hybridized carbons (Fsp3) is 0.471. The lowest BCUT2D eigenvalue weighted by Crippen LogP contribution is -2.40. The third-order valence-electron chi connectivity index (χ3n) is 4.35. The van der Waals surface area contributed by atoms with E-state index >= 15 is 0 Å². The lowest BCUT2D eigenvalue weighted by atomic mass is 9.93. The third-order valence-corrected chi connectivity index (χ3v) is 5.42. The lowest BCUT2D eigenvalue weighted by molar-refractivity contribution is 0.444. The number of para-hydroxylation sites is 1. The summed E-state index contributed by atoms with van der Waals surface area (Å²) in [7, 11) is 2.23. The van der Waals surface area contributed by atoms with Crippen molar-refractivity contribution in [2.24, 2.45) is 0 Å². The van der Waals surface area contributed by atoms with E-state index in [1.165, 1.54) is 36.8 Å². The number of anilines is 1. The molecule has 2 nitrogen and oxygen atoms in total. The monoisotopic (exact) mass is 332 g/mol. The maximum atomic E-state index is 4.64. The van der Waals surface area contributed by atoms with E-state index in [1.807, 2.05) is 0 Å². The van der Waals surface area contributed by atoms with Crippen LogP contribution in [0, 0.1) is 6.92 Å². The molecule has 2 unspecified atom stereocenters. The Bertz CT molecular complexity index is 611. The van der Waals surface area contributed by atoms with Crippen molar-refractivity contribution < 1.29 is 0 Å². The summed E-state index contributed by atoms with van der Waals surface area (Å²) >= 11 is 3.88. The molecule has 2 aromatic rings. The van der Waals surface area contributed by atoms with Gasteiger partial charge in [-0.05, 0) is 31.9 Å². The smallest absolute Gasteiger partial charge is 0.0726 e. The highest BCUT2D eigenvalue weighted by Crippen LogP contribution is 2.34. The van der Waals surface area contributed by atoms with Crippen LogP contribution in [0.4, 0.5) is 5.69 Å². The van der Waals surface area contributed by atoms with Crippen molar-refractivity contribution in [1.82, 2.24) is 4.98 Å². The molecule has 0 radical (unpaired) electrons. The van der Waals surface area contributed by atoms with Crippen molar-refractivity contribution in [2.75, 3.05) is 11.9 Å². The van der Waals surface area contributed by atoms with Gasteiger partial charge in [0.25, 0.3) is 0 Å². The second-order valence-corrected chi connectivity index (χ2v) is 6.95. The molecule has 1 aromatic heterocycles. The second kappa shape index (κ2) is 5.72. The van der Waals surface area contributed by atoms with Crippen LogP contribution in [0.15, 0.2) is 30.3 Å². The van der Waals surface area contributed by atoms with Crippen LogP contribution in [-0.4, -0.2) is 22.9 Å². The zero-order valence-electron chi connectivity index (χ0n) is 12.1. The van der Waals surface area contributed by atoms with E-state index in [2.05, 4.69) is 70.1 Å². The Morgan fingerprint density at radius 2 is 1.95 bits per heavy atom. The fourth-order valence-electron chi connectivity index (χ4n) is 3.26. The number of benzene rings is 1. The summed E-state index contributed by atoms with van der Waals surface area (Å²) in [5, 5.41) is 1.26. The van der Waals surface area contributed by atoms with Crippen molar-refractivity contribution in [2.45, 2.75) is 43.5 Å². The first-order chi connectivity index (χ1) is 9.66. The molecule has 1 heterocycles. The molecule has 20 heavy (non-hydrogen) atoms. The molecular weight excluding hydrogens is 312 g/mol. The summed E-state index contributed by atoms with van der Waals surface area (Å²) in [6.45, 7) is 2.08. The lowest BCUT2D eigenvalue weighted by Gasteiger charge is -2.37. The summed E-state index contributed by atoms with van der Waals surface area (Å²) in [5.74, 6) is 0. The van der Waals surface area contributed by atoms with Crippen molar-refractivity contribution in [1.29, 1.82) is 0 Å². The van der Waals surface area contributed by atoms with Crippen LogP contribution in [0.1, 0.15) is 31.4 Å². The molecule has 0 spiro atoms. The average molecular weight is 333 g/mol. The Kier molecular flexibility index (Phi) is 3.97. The quantitative estimate of drug-likeness (QED) is 0.742. The Labute approximate surface area is 129 Å². The summed E-state index contributed by atoms with van der Waals surface area (Å²) in [4.78, 5) is 7.69. The zero-order valence-corrected chi connectivity index (χ0v) is 13.7. The van der Waals surface area contributed by atoms with Crippen molar-refractivity contribution >= 4 is 32.5 Å². The molecule has 1 aromatic carbocycles. The van der Waals surface area contributed by atoms with E-state index in [-0.39, 0.29) is 0 Å². The van der Waals surface area contributed by atoms with Crippen molar-refractivity contribution in [3.63, 3.8) is 0 Å². The van der Waals surface area contributed by atoms with Gasteiger partial charge in [-0.25, -0.2) is 0 Å². The first kappa shape index (κ1) is 13.9. The predicted octanol–water partition coefficient (Wildman–Crippen LogP) is 4.69. The largest absolute Gasteiger partial charge is 0.370 e. The maximum Gasteiger partial charge on any atom is 0.0726 e. The van der Waals surface area contributed by atoms with E-state index in [0.29, 0.717) is 10.9 Å². The third kappa shape index (κ3) is 2.56. The number of pyridine rings is 1. The molecule has 0 bridgehead atoms. The van der Waals surface area contributed by atoms with E-state index in [1.54, 1.807) is 0 Å². The van der Waals surface area contributed by atoms with Crippen LogP contribution >= 0.6 is 15.9 Å². The molecule has 2 atom stereocenters. The van der Waals surface area contributed by atoms with Crippen LogP contribution in [0.25, 0.3) is 10.9 Å². The summed E-state index contributed by atoms with van der Waals surface area (Å²) in [5.41, 5.74) is 3.49. The van der Waals surface area contributed by atoms with E-state index in [9.17, 15) is 0 Å². The van der Waals surface area contributed by atoms with Gasteiger partial charge in [0.05, 0.1) is 5.52 Å². The van der Waals surface area contributed by atoms with Crippen LogP contribution in [0.5, 0.6) is 0 Å². The van der Waals surface area contributed by atoms with E-state index in [0.717, 1.165) is 11.2 Å². The van der Waals surface area contributed by atoms with Gasteiger partial charge in [0.2, 0.25) is 0 Å². The molecule has 0 aliphatic heterocycles. The summed E-state index contributed by atoms with van der Waals surface area (Å²) in [6, 6.07) is 11.2. The number of alkyl halides is 1. The number of aromatic nitrogens is 1. The number of hydrogen-bond donors (Lipinski definition) is 0. The van der Waals surface area contributed by atoms with E-state index in [4.69, 9.17) is 0 Å². The highest BCUT2D eigenvalue weighted by Gasteiger charge is 2.27. The van der Waals surface area contributed by atoms with Crippen LogP contribution in [0.2, 0.25) is 0 Å². The first-order valence-corrected chi connectivity index (χ1v) is 8.31. The topological polar surface area (TPSA) is 16.1 Å². The number of aryl methyl sites for hydroxylation is 1. The molecule has 1 aliphatic rings. The number of rotatable bonds is 2. The molecule has 3 rings (SSSR count). The first-order valence-electron chi connectivity index (χ1n) is 7.40. The van der Waals surface area contributed by atoms with Crippen LogP contribution in [0.3, 0.4) is 0 Å². The molecule has 1 saturated carbocycles. The normalized spacial score (nSPS) is 22.9. The Hall–Kier alpha value is -1.09. The maximum absolute atomic E-state index is 4.64. The minimum absolute atomic E-state index is 0.578. The standard InChI is InChI=1S/C17H21BrN2/c1-12-11-17(13-7-3-5-9-15(13)19-12)20(2)16-10-6-4-8-14(16)18/h3,5,7,9,11,14,16H,4,6,8,10H2,1-2H3. The number of fused-ring (bicyclic) bond motifs is 1. The van der Waals surface area contributed by atoms with E-state index < -0.39 is 0 Å². The summed E-state index contributed by atoms with van der Waals surface area (Å²) in [6.07, 6.45) is 5.22. The van der Waals surface area contributed by atoms with Gasteiger partial charge in [-0.1, -0.05) is 47.0 Å². The number of halogens is 1. The minimum atomic E-state index is 0.578. The Morgan fingerprint density at radius 3 is 2.75 bits per heavy atom. The van der Waals surface area contributed by atoms with Gasteiger partial charge in [0.1, 0.15) is 0 Å². The number of hydrogen-bond acceptors (Lipinski definition) is 2. The van der Waals surface area contributed by atoms with Gasteiger partial charge < -0.3 is 4.90 Å². The Balaban J connectivity index is 2.04. The summed E-state index contributed by atoms with van der Waals surface area (Å²) < 4.78 is 0. The molecule has 0 saturated heterocycles. The number of nitrogens with zero attached hydrogens (tertiary/aromatic N) is 2.